The third-order valence-electron chi connectivity index (χ3n) is 3.95. The average molecular weight is 309 g/mol. The first-order valence-corrected chi connectivity index (χ1v) is 7.70. The van der Waals surface area contributed by atoms with E-state index in [0.29, 0.717) is 12.2 Å². The van der Waals surface area contributed by atoms with Crippen molar-refractivity contribution >= 4 is 11.7 Å². The number of allylic oxidation sites excluding steroid dienone is 1. The van der Waals surface area contributed by atoms with E-state index in [2.05, 4.69) is 19.1 Å². The van der Waals surface area contributed by atoms with Gasteiger partial charge in [0.1, 0.15) is 5.70 Å². The number of aryl methyl sites for hydroxylation is 2. The van der Waals surface area contributed by atoms with Crippen molar-refractivity contribution in [3.63, 3.8) is 0 Å². The minimum absolute atomic E-state index is 0.329. The Hall–Kier alpha value is -2.55. The van der Waals surface area contributed by atoms with Gasteiger partial charge in [0.15, 0.2) is 0 Å². The van der Waals surface area contributed by atoms with Crippen LogP contribution in [0.15, 0.2) is 60.3 Å². The number of anilines is 1. The zero-order chi connectivity index (χ0) is 16.8. The topological polar surface area (TPSA) is 29.5 Å². The summed E-state index contributed by atoms with van der Waals surface area (Å²) in [4.78, 5) is 14.2. The van der Waals surface area contributed by atoms with Crippen LogP contribution in [-0.2, 0) is 16.1 Å². The molecular formula is C20H23NO2. The molecule has 0 fully saturated rings. The number of rotatable bonds is 5. The fourth-order valence-electron chi connectivity index (χ4n) is 2.61. The summed E-state index contributed by atoms with van der Waals surface area (Å²) >= 11 is 0. The van der Waals surface area contributed by atoms with Crippen LogP contribution >= 0.6 is 0 Å². The Morgan fingerprint density at radius 1 is 1.04 bits per heavy atom. The zero-order valence-corrected chi connectivity index (χ0v) is 14.2. The molecule has 0 aromatic heterocycles. The number of methoxy groups -OCH3 is 1. The fraction of sp³-hybridized carbons (Fsp3) is 0.250. The third-order valence-corrected chi connectivity index (χ3v) is 3.95. The first-order chi connectivity index (χ1) is 11.1. The highest BCUT2D eigenvalue weighted by Crippen LogP contribution is 2.27. The predicted octanol–water partition coefficient (Wildman–Crippen LogP) is 4.39. The van der Waals surface area contributed by atoms with Crippen LogP contribution in [0.5, 0.6) is 0 Å². The summed E-state index contributed by atoms with van der Waals surface area (Å²) in [6.45, 7) is 6.60. The van der Waals surface area contributed by atoms with Crippen LogP contribution in [0, 0.1) is 13.8 Å². The largest absolute Gasteiger partial charge is 0.464 e. The van der Waals surface area contributed by atoms with Crippen LogP contribution in [0.2, 0.25) is 0 Å². The van der Waals surface area contributed by atoms with Gasteiger partial charge in [0, 0.05) is 12.2 Å². The number of carbonyl (C=O) groups is 1. The Labute approximate surface area is 138 Å². The Morgan fingerprint density at radius 3 is 2.22 bits per heavy atom. The van der Waals surface area contributed by atoms with Gasteiger partial charge in [-0.3, -0.25) is 0 Å². The maximum atomic E-state index is 12.2. The van der Waals surface area contributed by atoms with Crippen molar-refractivity contribution in [2.45, 2.75) is 27.3 Å². The van der Waals surface area contributed by atoms with Crippen molar-refractivity contribution in [2.75, 3.05) is 12.0 Å². The van der Waals surface area contributed by atoms with Gasteiger partial charge in [-0.05, 0) is 43.5 Å². The lowest BCUT2D eigenvalue weighted by atomic mass is 10.1. The van der Waals surface area contributed by atoms with E-state index < -0.39 is 0 Å². The van der Waals surface area contributed by atoms with E-state index in [9.17, 15) is 4.79 Å². The first kappa shape index (κ1) is 16.8. The first-order valence-electron chi connectivity index (χ1n) is 7.70. The molecule has 0 bridgehead atoms. The number of ether oxygens (including phenoxy) is 1. The molecule has 3 nitrogen and oxygen atoms in total. The second-order valence-corrected chi connectivity index (χ2v) is 5.46. The molecule has 0 amide bonds. The zero-order valence-electron chi connectivity index (χ0n) is 14.2. The Bertz CT molecular complexity index is 719. The molecule has 3 heteroatoms. The highest BCUT2D eigenvalue weighted by Gasteiger charge is 2.21. The predicted molar refractivity (Wildman–Crippen MR) is 94.3 cm³/mol. The summed E-state index contributed by atoms with van der Waals surface area (Å²) < 4.78 is 4.96. The minimum atomic E-state index is -0.329. The molecule has 0 unspecified atom stereocenters. The number of hydrogen-bond donors (Lipinski definition) is 0. The van der Waals surface area contributed by atoms with Crippen LogP contribution in [0.25, 0.3) is 0 Å². The van der Waals surface area contributed by atoms with Crippen LogP contribution in [0.4, 0.5) is 5.69 Å². The molecule has 0 spiro atoms. The van der Waals surface area contributed by atoms with E-state index in [1.807, 2.05) is 55.1 Å². The number of carbonyl (C=O) groups excluding carboxylic acids is 1. The fourth-order valence-corrected chi connectivity index (χ4v) is 2.61. The molecule has 0 aliphatic rings. The van der Waals surface area contributed by atoms with E-state index in [-0.39, 0.29) is 5.97 Å². The van der Waals surface area contributed by atoms with Gasteiger partial charge in [-0.15, -0.1) is 0 Å². The van der Waals surface area contributed by atoms with Gasteiger partial charge < -0.3 is 9.64 Å². The molecule has 0 aliphatic heterocycles. The lowest BCUT2D eigenvalue weighted by molar-refractivity contribution is -0.136. The molecule has 0 saturated heterocycles. The molecule has 2 aromatic carbocycles. The number of esters is 1. The second-order valence-electron chi connectivity index (χ2n) is 5.46. The van der Waals surface area contributed by atoms with Crippen molar-refractivity contribution in [2.24, 2.45) is 0 Å². The molecule has 0 N–H and O–H groups in total. The summed E-state index contributed by atoms with van der Waals surface area (Å²) in [7, 11) is 1.41. The van der Waals surface area contributed by atoms with Gasteiger partial charge in [0.2, 0.25) is 0 Å². The Balaban J connectivity index is 2.50. The van der Waals surface area contributed by atoms with Gasteiger partial charge in [-0.25, -0.2) is 4.79 Å². The van der Waals surface area contributed by atoms with E-state index in [1.165, 1.54) is 18.2 Å². The van der Waals surface area contributed by atoms with Gasteiger partial charge >= 0.3 is 5.97 Å². The van der Waals surface area contributed by atoms with Crippen LogP contribution in [0.1, 0.15) is 23.6 Å². The van der Waals surface area contributed by atoms with Crippen LogP contribution < -0.4 is 4.90 Å². The molecule has 23 heavy (non-hydrogen) atoms. The smallest absolute Gasteiger partial charge is 0.354 e. The van der Waals surface area contributed by atoms with Crippen molar-refractivity contribution in [1.29, 1.82) is 0 Å². The molecule has 2 aromatic rings. The van der Waals surface area contributed by atoms with E-state index >= 15 is 0 Å². The van der Waals surface area contributed by atoms with E-state index in [4.69, 9.17) is 4.74 Å². The number of hydrogen-bond acceptors (Lipinski definition) is 3. The summed E-state index contributed by atoms with van der Waals surface area (Å²) in [6.07, 6.45) is 1.80. The van der Waals surface area contributed by atoms with Crippen molar-refractivity contribution < 1.29 is 9.53 Å². The summed E-state index contributed by atoms with van der Waals surface area (Å²) in [5.74, 6) is -0.329. The molecule has 2 rings (SSSR count). The maximum Gasteiger partial charge on any atom is 0.354 e. The molecule has 0 aliphatic carbocycles. The third kappa shape index (κ3) is 3.81. The van der Waals surface area contributed by atoms with E-state index in [0.717, 1.165) is 11.3 Å². The standard InChI is InChI=1S/C20H23NO2/c1-5-18(20(22)23-4)21(19-13-9-7-11-16(19)3)14-17-12-8-6-10-15(17)2/h5-13H,14H2,1-4H3/b18-5+. The normalized spacial score (nSPS) is 11.2. The number of nitrogens with zero attached hydrogens (tertiary/aromatic N) is 1. The van der Waals surface area contributed by atoms with E-state index in [1.54, 1.807) is 6.08 Å². The molecule has 0 saturated carbocycles. The van der Waals surface area contributed by atoms with Gasteiger partial charge in [-0.1, -0.05) is 48.5 Å². The molecule has 0 radical (unpaired) electrons. The highest BCUT2D eigenvalue weighted by molar-refractivity contribution is 5.92. The SMILES string of the molecule is C/C=C(\C(=O)OC)N(Cc1ccccc1C)c1ccccc1C. The summed E-state index contributed by atoms with van der Waals surface area (Å²) in [5.41, 5.74) is 5.05. The van der Waals surface area contributed by atoms with Crippen molar-refractivity contribution in [3.05, 3.63) is 77.0 Å². The summed E-state index contributed by atoms with van der Waals surface area (Å²) in [5, 5.41) is 0. The minimum Gasteiger partial charge on any atom is -0.464 e. The monoisotopic (exact) mass is 309 g/mol. The van der Waals surface area contributed by atoms with Gasteiger partial charge in [0.25, 0.3) is 0 Å². The lowest BCUT2D eigenvalue weighted by Gasteiger charge is -2.28. The van der Waals surface area contributed by atoms with Crippen molar-refractivity contribution in [1.82, 2.24) is 0 Å². The maximum absolute atomic E-state index is 12.2. The van der Waals surface area contributed by atoms with Crippen LogP contribution in [-0.4, -0.2) is 13.1 Å². The number of para-hydroxylation sites is 1. The quantitative estimate of drug-likeness (QED) is 0.606. The number of benzene rings is 2. The second kappa shape index (κ2) is 7.63. The molecule has 0 atom stereocenters. The lowest BCUT2D eigenvalue weighted by Crippen LogP contribution is -2.28. The van der Waals surface area contributed by atoms with Crippen molar-refractivity contribution in [3.8, 4) is 0 Å². The van der Waals surface area contributed by atoms with Crippen LogP contribution in [0.3, 0.4) is 0 Å². The summed E-state index contributed by atoms with van der Waals surface area (Å²) in [6, 6.07) is 16.3. The molecule has 0 heterocycles. The Kier molecular flexibility index (Phi) is 5.58. The molecule has 120 valence electrons. The van der Waals surface area contributed by atoms with Gasteiger partial charge in [0.05, 0.1) is 7.11 Å². The highest BCUT2D eigenvalue weighted by atomic mass is 16.5. The van der Waals surface area contributed by atoms with Gasteiger partial charge in [-0.2, -0.15) is 0 Å². The Morgan fingerprint density at radius 2 is 1.65 bits per heavy atom. The average Bonchev–Trinajstić information content (AvgIpc) is 2.56. The molecular weight excluding hydrogens is 286 g/mol.